The van der Waals surface area contributed by atoms with Gasteiger partial charge in [0, 0.05) is 42.9 Å². The Labute approximate surface area is 226 Å². The van der Waals surface area contributed by atoms with Gasteiger partial charge in [0.1, 0.15) is 5.82 Å². The van der Waals surface area contributed by atoms with Crippen LogP contribution in [0.15, 0.2) is 42.7 Å². The fraction of sp³-hybridized carbons (Fsp3) is 0.567. The fourth-order valence-corrected chi connectivity index (χ4v) is 5.70. The molecule has 2 N–H and O–H groups in total. The number of aromatic nitrogens is 2. The molecule has 2 aromatic rings. The molecule has 1 aliphatic heterocycles. The molecule has 2 atom stereocenters. The van der Waals surface area contributed by atoms with Crippen LogP contribution < -0.4 is 10.6 Å². The second-order valence-corrected chi connectivity index (χ2v) is 11.0. The van der Waals surface area contributed by atoms with E-state index in [2.05, 4.69) is 20.6 Å². The van der Waals surface area contributed by atoms with E-state index in [1.165, 1.54) is 6.42 Å². The van der Waals surface area contributed by atoms with E-state index in [9.17, 15) is 14.4 Å². The molecule has 8 nitrogen and oxygen atoms in total. The molecule has 4 rings (SSSR count). The molecule has 38 heavy (non-hydrogen) atoms. The van der Waals surface area contributed by atoms with Crippen molar-refractivity contribution in [2.45, 2.75) is 77.3 Å². The monoisotopic (exact) mass is 519 g/mol. The van der Waals surface area contributed by atoms with E-state index in [0.29, 0.717) is 24.5 Å². The van der Waals surface area contributed by atoms with Crippen LogP contribution in [0.2, 0.25) is 0 Å². The normalized spacial score (nSPS) is 19.2. The van der Waals surface area contributed by atoms with Crippen LogP contribution in [-0.4, -0.2) is 58.1 Å². The van der Waals surface area contributed by atoms with Gasteiger partial charge in [-0.3, -0.25) is 14.4 Å². The maximum atomic E-state index is 13.3. The molecule has 1 saturated carbocycles. The van der Waals surface area contributed by atoms with Crippen molar-refractivity contribution in [3.05, 3.63) is 59.7 Å². The molecule has 0 spiro atoms. The van der Waals surface area contributed by atoms with Crippen LogP contribution in [0.25, 0.3) is 0 Å². The molecule has 1 saturated heterocycles. The van der Waals surface area contributed by atoms with Gasteiger partial charge >= 0.3 is 0 Å². The number of nitrogens with zero attached hydrogens (tertiary/aromatic N) is 3. The Morgan fingerprint density at radius 2 is 1.76 bits per heavy atom. The molecule has 2 amide bonds. The predicted octanol–water partition coefficient (Wildman–Crippen LogP) is 3.88. The van der Waals surface area contributed by atoms with Crippen LogP contribution in [0.1, 0.15) is 86.5 Å². The molecule has 2 fully saturated rings. The number of amides is 2. The Bertz CT molecular complexity index is 1080. The van der Waals surface area contributed by atoms with Gasteiger partial charge in [-0.1, -0.05) is 45.2 Å². The molecule has 2 heterocycles. The molecule has 2 unspecified atom stereocenters. The maximum absolute atomic E-state index is 13.3. The second-order valence-electron chi connectivity index (χ2n) is 11.0. The summed E-state index contributed by atoms with van der Waals surface area (Å²) in [6.07, 6.45) is 10.7. The van der Waals surface area contributed by atoms with Gasteiger partial charge in [0.25, 0.3) is 5.91 Å². The van der Waals surface area contributed by atoms with Crippen LogP contribution in [0.3, 0.4) is 0 Å². The average molecular weight is 520 g/mol. The van der Waals surface area contributed by atoms with Crippen molar-refractivity contribution in [1.29, 1.82) is 0 Å². The Balaban J connectivity index is 1.36. The van der Waals surface area contributed by atoms with Gasteiger partial charge in [-0.05, 0) is 55.4 Å². The summed E-state index contributed by atoms with van der Waals surface area (Å²) in [5.41, 5.74) is 1.64. The lowest BCUT2D eigenvalue weighted by Gasteiger charge is -2.33. The van der Waals surface area contributed by atoms with Crippen LogP contribution in [0.4, 0.5) is 0 Å². The molecule has 0 radical (unpaired) electrons. The highest BCUT2D eigenvalue weighted by molar-refractivity contribution is 5.98. The molecular formula is C30H41N5O3. The van der Waals surface area contributed by atoms with E-state index < -0.39 is 6.04 Å². The lowest BCUT2D eigenvalue weighted by Crippen LogP contribution is -2.48. The number of carbonyl (C=O) groups is 3. The van der Waals surface area contributed by atoms with Gasteiger partial charge in [-0.25, -0.2) is 9.97 Å². The Morgan fingerprint density at radius 1 is 1.00 bits per heavy atom. The second kappa shape index (κ2) is 13.6. The lowest BCUT2D eigenvalue weighted by atomic mass is 9.80. The maximum Gasteiger partial charge on any atom is 0.251 e. The van der Waals surface area contributed by atoms with Crippen molar-refractivity contribution in [2.24, 2.45) is 11.8 Å². The van der Waals surface area contributed by atoms with Gasteiger partial charge in [0.05, 0.1) is 19.1 Å². The molecule has 2 aliphatic rings. The van der Waals surface area contributed by atoms with Crippen molar-refractivity contribution in [3.8, 4) is 0 Å². The number of likely N-dealkylation sites (tertiary alicyclic amines) is 1. The van der Waals surface area contributed by atoms with Crippen molar-refractivity contribution >= 4 is 17.6 Å². The van der Waals surface area contributed by atoms with Crippen molar-refractivity contribution in [3.63, 3.8) is 0 Å². The van der Waals surface area contributed by atoms with Gasteiger partial charge < -0.3 is 15.5 Å². The zero-order valence-electron chi connectivity index (χ0n) is 22.7. The summed E-state index contributed by atoms with van der Waals surface area (Å²) in [6, 6.07) is 9.05. The van der Waals surface area contributed by atoms with Crippen LogP contribution in [-0.2, 0) is 16.1 Å². The number of Topliss-reactive ketones (excluding diaryl/α,β-unsaturated/α-hetero) is 1. The van der Waals surface area contributed by atoms with Crippen LogP contribution in [0.5, 0.6) is 0 Å². The first-order valence-electron chi connectivity index (χ1n) is 14.1. The van der Waals surface area contributed by atoms with Crippen molar-refractivity contribution < 1.29 is 14.4 Å². The highest BCUT2D eigenvalue weighted by atomic mass is 16.2. The molecule has 8 heteroatoms. The Morgan fingerprint density at radius 3 is 2.50 bits per heavy atom. The van der Waals surface area contributed by atoms with Gasteiger partial charge in [-0.15, -0.1) is 0 Å². The van der Waals surface area contributed by atoms with E-state index in [0.717, 1.165) is 50.6 Å². The SMILES string of the molecule is CC(C)C(=O)C(NC(=O)c1cccc(C2CCCN(C(=O)CNCc3ncccn3)C2)c1)C1CCCCC1. The molecule has 0 bridgehead atoms. The number of hydrogen-bond acceptors (Lipinski definition) is 6. The minimum Gasteiger partial charge on any atom is -0.342 e. The largest absolute Gasteiger partial charge is 0.342 e. The number of piperidine rings is 1. The fourth-order valence-electron chi connectivity index (χ4n) is 5.70. The third kappa shape index (κ3) is 7.47. The highest BCUT2D eigenvalue weighted by Crippen LogP contribution is 2.30. The molecule has 204 valence electrons. The van der Waals surface area contributed by atoms with Crippen LogP contribution in [0, 0.1) is 11.8 Å². The van der Waals surface area contributed by atoms with E-state index >= 15 is 0 Å². The summed E-state index contributed by atoms with van der Waals surface area (Å²) in [5, 5.41) is 6.25. The van der Waals surface area contributed by atoms with E-state index in [4.69, 9.17) is 0 Å². The van der Waals surface area contributed by atoms with Gasteiger partial charge in [0.15, 0.2) is 5.78 Å². The zero-order valence-corrected chi connectivity index (χ0v) is 22.7. The molecular weight excluding hydrogens is 478 g/mol. The smallest absolute Gasteiger partial charge is 0.251 e. The van der Waals surface area contributed by atoms with Crippen molar-refractivity contribution in [1.82, 2.24) is 25.5 Å². The number of carbonyl (C=O) groups excluding carboxylic acids is 3. The first kappa shape index (κ1) is 27.9. The number of nitrogens with one attached hydrogen (secondary N) is 2. The summed E-state index contributed by atoms with van der Waals surface area (Å²) in [6.45, 7) is 5.86. The number of ketones is 1. The third-order valence-corrected chi connectivity index (χ3v) is 7.86. The summed E-state index contributed by atoms with van der Waals surface area (Å²) in [4.78, 5) is 49.4. The lowest BCUT2D eigenvalue weighted by molar-refractivity contribution is -0.131. The molecule has 1 aliphatic carbocycles. The van der Waals surface area contributed by atoms with Crippen LogP contribution >= 0.6 is 0 Å². The molecule has 1 aromatic heterocycles. The first-order valence-corrected chi connectivity index (χ1v) is 14.1. The average Bonchev–Trinajstić information content (AvgIpc) is 2.96. The summed E-state index contributed by atoms with van der Waals surface area (Å²) >= 11 is 0. The number of benzene rings is 1. The minimum atomic E-state index is -0.428. The zero-order chi connectivity index (χ0) is 26.9. The quantitative estimate of drug-likeness (QED) is 0.494. The molecule has 1 aromatic carbocycles. The summed E-state index contributed by atoms with van der Waals surface area (Å²) in [7, 11) is 0. The Kier molecular flexibility index (Phi) is 9.98. The van der Waals surface area contributed by atoms with E-state index in [1.807, 2.05) is 43.0 Å². The summed E-state index contributed by atoms with van der Waals surface area (Å²) in [5.74, 6) is 0.918. The summed E-state index contributed by atoms with van der Waals surface area (Å²) < 4.78 is 0. The van der Waals surface area contributed by atoms with E-state index in [1.54, 1.807) is 18.5 Å². The highest BCUT2D eigenvalue weighted by Gasteiger charge is 2.32. The third-order valence-electron chi connectivity index (χ3n) is 7.86. The van der Waals surface area contributed by atoms with Crippen molar-refractivity contribution in [2.75, 3.05) is 19.6 Å². The van der Waals surface area contributed by atoms with Gasteiger partial charge in [-0.2, -0.15) is 0 Å². The predicted molar refractivity (Wildman–Crippen MR) is 146 cm³/mol. The topological polar surface area (TPSA) is 104 Å². The Hall–Kier alpha value is -3.13. The number of rotatable bonds is 10. The standard InChI is InChI=1S/C30H41N5O3/c1-21(2)29(37)28(22-9-4-3-5-10-22)34-30(38)24-12-6-11-23(17-24)25-13-7-16-35(20-25)27(36)19-31-18-26-32-14-8-15-33-26/h6,8,11-12,14-15,17,21-22,25,28,31H,3-5,7,9-10,13,16,18-20H2,1-2H3,(H,34,38). The number of hydrogen-bond donors (Lipinski definition) is 2. The van der Waals surface area contributed by atoms with Gasteiger partial charge in [0.2, 0.25) is 5.91 Å². The minimum absolute atomic E-state index is 0.0575. The van der Waals surface area contributed by atoms with E-state index in [-0.39, 0.29) is 41.9 Å². The first-order chi connectivity index (χ1) is 18.4.